The third-order valence-electron chi connectivity index (χ3n) is 4.64. The second kappa shape index (κ2) is 7.69. The molecule has 0 aliphatic heterocycles. The maximum Gasteiger partial charge on any atom is 0.175 e. The zero-order valence-electron chi connectivity index (χ0n) is 14.6. The number of imidazole rings is 1. The topological polar surface area (TPSA) is 81.7 Å². The molecular formula is C18H21IN6S. The first-order chi connectivity index (χ1) is 12.7. The molecule has 3 N–H and O–H groups in total. The van der Waals surface area contributed by atoms with Crippen molar-refractivity contribution in [3.8, 4) is 0 Å². The van der Waals surface area contributed by atoms with Crippen LogP contribution in [0.2, 0.25) is 0 Å². The van der Waals surface area contributed by atoms with Gasteiger partial charge < -0.3 is 15.6 Å². The maximum atomic E-state index is 6.04. The molecule has 0 saturated heterocycles. The van der Waals surface area contributed by atoms with E-state index in [0.29, 0.717) is 11.3 Å². The number of nitrogen functional groups attached to an aromatic ring is 1. The van der Waals surface area contributed by atoms with Gasteiger partial charge in [-0.3, -0.25) is 0 Å². The smallest absolute Gasteiger partial charge is 0.175 e. The van der Waals surface area contributed by atoms with Crippen LogP contribution < -0.4 is 11.1 Å². The molecule has 0 saturated carbocycles. The van der Waals surface area contributed by atoms with Crippen molar-refractivity contribution in [2.45, 2.75) is 42.8 Å². The van der Waals surface area contributed by atoms with Gasteiger partial charge >= 0.3 is 0 Å². The quantitative estimate of drug-likeness (QED) is 0.417. The SMILES string of the molecule is CCNCCn1c(Sc2cc3c(cc2I)CCC3)nc2c(N)ncnc21. The minimum Gasteiger partial charge on any atom is -0.382 e. The number of likely N-dealkylation sites (N-methyl/N-ethyl adjacent to an activating group) is 1. The fraction of sp³-hybridized carbons (Fsp3) is 0.389. The van der Waals surface area contributed by atoms with Crippen molar-refractivity contribution < 1.29 is 0 Å². The fourth-order valence-corrected chi connectivity index (χ4v) is 5.17. The lowest BCUT2D eigenvalue weighted by atomic mass is 10.1. The predicted octanol–water partition coefficient (Wildman–Crippen LogP) is 3.26. The molecule has 2 aromatic heterocycles. The Bertz CT molecular complexity index is 954. The van der Waals surface area contributed by atoms with E-state index < -0.39 is 0 Å². The van der Waals surface area contributed by atoms with Crippen molar-refractivity contribution in [1.82, 2.24) is 24.8 Å². The lowest BCUT2D eigenvalue weighted by molar-refractivity contribution is 0.587. The Labute approximate surface area is 170 Å². The molecular weight excluding hydrogens is 459 g/mol. The van der Waals surface area contributed by atoms with Gasteiger partial charge in [0.05, 0.1) is 0 Å². The van der Waals surface area contributed by atoms with Crippen LogP contribution in [0.15, 0.2) is 28.5 Å². The minimum atomic E-state index is 0.433. The Morgan fingerprint density at radius 2 is 2.08 bits per heavy atom. The van der Waals surface area contributed by atoms with Gasteiger partial charge in [0, 0.05) is 21.6 Å². The van der Waals surface area contributed by atoms with E-state index in [9.17, 15) is 0 Å². The fourth-order valence-electron chi connectivity index (χ4n) is 3.33. The molecule has 1 aromatic carbocycles. The molecule has 3 aromatic rings. The van der Waals surface area contributed by atoms with Crippen LogP contribution in [0.1, 0.15) is 24.5 Å². The highest BCUT2D eigenvalue weighted by atomic mass is 127. The number of nitrogens with one attached hydrogen (secondary N) is 1. The first-order valence-corrected chi connectivity index (χ1v) is 10.7. The highest BCUT2D eigenvalue weighted by molar-refractivity contribution is 14.1. The zero-order valence-corrected chi connectivity index (χ0v) is 17.6. The lowest BCUT2D eigenvalue weighted by Gasteiger charge is -2.11. The lowest BCUT2D eigenvalue weighted by Crippen LogP contribution is -2.19. The van der Waals surface area contributed by atoms with Gasteiger partial charge in [-0.25, -0.2) is 15.0 Å². The van der Waals surface area contributed by atoms with E-state index in [-0.39, 0.29) is 0 Å². The zero-order chi connectivity index (χ0) is 18.1. The monoisotopic (exact) mass is 480 g/mol. The maximum absolute atomic E-state index is 6.04. The Hall–Kier alpha value is -1.39. The molecule has 1 aliphatic rings. The summed E-state index contributed by atoms with van der Waals surface area (Å²) in [6, 6.07) is 4.66. The summed E-state index contributed by atoms with van der Waals surface area (Å²) in [6.45, 7) is 4.70. The number of aromatic nitrogens is 4. The molecule has 0 bridgehead atoms. The van der Waals surface area contributed by atoms with Crippen LogP contribution in [0, 0.1) is 3.57 Å². The molecule has 26 heavy (non-hydrogen) atoms. The molecule has 0 fully saturated rings. The number of halogens is 1. The number of nitrogens with two attached hydrogens (primary N) is 1. The Balaban J connectivity index is 1.73. The number of hydrogen-bond donors (Lipinski definition) is 2. The second-order valence-corrected chi connectivity index (χ2v) is 8.51. The van der Waals surface area contributed by atoms with Gasteiger partial charge in [0.2, 0.25) is 0 Å². The molecule has 136 valence electrons. The number of fused-ring (bicyclic) bond motifs is 2. The second-order valence-electron chi connectivity index (χ2n) is 6.34. The van der Waals surface area contributed by atoms with Gasteiger partial charge in [0.25, 0.3) is 0 Å². The van der Waals surface area contributed by atoms with Crippen molar-refractivity contribution >= 4 is 51.3 Å². The summed E-state index contributed by atoms with van der Waals surface area (Å²) in [5, 5.41) is 4.29. The molecule has 0 spiro atoms. The van der Waals surface area contributed by atoms with E-state index in [2.05, 4.69) is 61.5 Å². The summed E-state index contributed by atoms with van der Waals surface area (Å²) >= 11 is 4.12. The third-order valence-corrected chi connectivity index (χ3v) is 6.95. The first-order valence-electron chi connectivity index (χ1n) is 8.84. The van der Waals surface area contributed by atoms with Crippen molar-refractivity contribution in [2.24, 2.45) is 0 Å². The van der Waals surface area contributed by atoms with E-state index in [1.807, 2.05) is 0 Å². The van der Waals surface area contributed by atoms with Crippen LogP contribution in [-0.4, -0.2) is 32.6 Å². The van der Waals surface area contributed by atoms with Crippen molar-refractivity contribution in [3.63, 3.8) is 0 Å². The Morgan fingerprint density at radius 1 is 1.27 bits per heavy atom. The van der Waals surface area contributed by atoms with Crippen LogP contribution in [0.25, 0.3) is 11.2 Å². The van der Waals surface area contributed by atoms with Crippen LogP contribution in [-0.2, 0) is 19.4 Å². The standard InChI is InChI=1S/C18H21IN6S/c1-2-21-6-7-25-17-15(16(20)22-10-23-17)24-18(25)26-14-9-12-5-3-4-11(12)8-13(14)19/h8-10,21H,2-7H2,1H3,(H2,20,22,23). The summed E-state index contributed by atoms with van der Waals surface area (Å²) in [5.41, 5.74) is 10.5. The molecule has 0 unspecified atom stereocenters. The Kier molecular flexibility index (Phi) is 5.32. The summed E-state index contributed by atoms with van der Waals surface area (Å²) in [7, 11) is 0. The summed E-state index contributed by atoms with van der Waals surface area (Å²) in [5.74, 6) is 0.433. The summed E-state index contributed by atoms with van der Waals surface area (Å²) in [6.07, 6.45) is 5.14. The van der Waals surface area contributed by atoms with E-state index >= 15 is 0 Å². The van der Waals surface area contributed by atoms with Crippen LogP contribution in [0.4, 0.5) is 5.82 Å². The van der Waals surface area contributed by atoms with Crippen molar-refractivity contribution in [2.75, 3.05) is 18.8 Å². The number of benzene rings is 1. The predicted molar refractivity (Wildman–Crippen MR) is 114 cm³/mol. The van der Waals surface area contributed by atoms with Gasteiger partial charge in [-0.1, -0.05) is 18.7 Å². The van der Waals surface area contributed by atoms with Gasteiger partial charge in [0.15, 0.2) is 22.1 Å². The van der Waals surface area contributed by atoms with E-state index in [0.717, 1.165) is 30.4 Å². The summed E-state index contributed by atoms with van der Waals surface area (Å²) in [4.78, 5) is 14.5. The third kappa shape index (κ3) is 3.41. The largest absolute Gasteiger partial charge is 0.382 e. The number of rotatable bonds is 6. The van der Waals surface area contributed by atoms with Crippen molar-refractivity contribution in [3.05, 3.63) is 33.2 Å². The molecule has 0 amide bonds. The number of nitrogens with zero attached hydrogens (tertiary/aromatic N) is 4. The highest BCUT2D eigenvalue weighted by Crippen LogP contribution is 2.36. The Morgan fingerprint density at radius 3 is 2.88 bits per heavy atom. The molecule has 2 heterocycles. The minimum absolute atomic E-state index is 0.433. The van der Waals surface area contributed by atoms with Gasteiger partial charge in [-0.2, -0.15) is 0 Å². The molecule has 8 heteroatoms. The number of hydrogen-bond acceptors (Lipinski definition) is 6. The molecule has 1 aliphatic carbocycles. The van der Waals surface area contributed by atoms with Crippen LogP contribution in [0.5, 0.6) is 0 Å². The van der Waals surface area contributed by atoms with Gasteiger partial charge in [-0.15, -0.1) is 0 Å². The average Bonchev–Trinajstić information content (AvgIpc) is 3.21. The highest BCUT2D eigenvalue weighted by Gasteiger charge is 2.19. The van der Waals surface area contributed by atoms with E-state index in [4.69, 9.17) is 10.7 Å². The van der Waals surface area contributed by atoms with Crippen molar-refractivity contribution in [1.29, 1.82) is 0 Å². The number of aryl methyl sites for hydroxylation is 2. The van der Waals surface area contributed by atoms with E-state index in [1.165, 1.54) is 45.2 Å². The normalized spacial score (nSPS) is 13.5. The summed E-state index contributed by atoms with van der Waals surface area (Å²) < 4.78 is 3.42. The van der Waals surface area contributed by atoms with Gasteiger partial charge in [0.1, 0.15) is 6.33 Å². The number of anilines is 1. The first kappa shape index (κ1) is 18.0. The molecule has 0 atom stereocenters. The molecule has 6 nitrogen and oxygen atoms in total. The van der Waals surface area contributed by atoms with Crippen LogP contribution >= 0.6 is 34.4 Å². The van der Waals surface area contributed by atoms with Gasteiger partial charge in [-0.05, 0) is 71.7 Å². The van der Waals surface area contributed by atoms with E-state index in [1.54, 1.807) is 11.8 Å². The molecule has 0 radical (unpaired) electrons. The average molecular weight is 480 g/mol. The molecule has 4 rings (SSSR count). The van der Waals surface area contributed by atoms with Crippen LogP contribution in [0.3, 0.4) is 0 Å².